The van der Waals surface area contributed by atoms with Gasteiger partial charge in [-0.05, 0) is 43.2 Å². The molecule has 7 nitrogen and oxygen atoms in total. The van der Waals surface area contributed by atoms with E-state index < -0.39 is 11.8 Å². The predicted octanol–water partition coefficient (Wildman–Crippen LogP) is 6.15. The van der Waals surface area contributed by atoms with Gasteiger partial charge < -0.3 is 15.5 Å². The Kier molecular flexibility index (Phi) is 8.17. The minimum atomic E-state index is -0.575. The number of amides is 3. The summed E-state index contributed by atoms with van der Waals surface area (Å²) in [6.07, 6.45) is 0.653. The molecule has 35 heavy (non-hydrogen) atoms. The maximum Gasteiger partial charge on any atom is 0.322 e. The number of urea groups is 1. The number of rotatable bonds is 7. The van der Waals surface area contributed by atoms with E-state index >= 15 is 0 Å². The third kappa shape index (κ3) is 6.60. The summed E-state index contributed by atoms with van der Waals surface area (Å²) in [6.45, 7) is 10.2. The number of anilines is 2. The summed E-state index contributed by atoms with van der Waals surface area (Å²) < 4.78 is 15.2. The van der Waals surface area contributed by atoms with Crippen molar-refractivity contribution in [1.82, 2.24) is 14.7 Å². The van der Waals surface area contributed by atoms with Crippen LogP contribution in [0.25, 0.3) is 5.69 Å². The number of carbonyl (C=O) groups is 2. The molecule has 0 spiro atoms. The van der Waals surface area contributed by atoms with Gasteiger partial charge in [-0.25, -0.2) is 13.9 Å². The lowest BCUT2D eigenvalue weighted by Crippen LogP contribution is -2.41. The van der Waals surface area contributed by atoms with E-state index in [9.17, 15) is 14.0 Å². The molecule has 0 aliphatic carbocycles. The highest BCUT2D eigenvalue weighted by Crippen LogP contribution is 2.27. The molecular formula is C26H31ClFN5O2. The Morgan fingerprint density at radius 2 is 1.83 bits per heavy atom. The van der Waals surface area contributed by atoms with Crippen LogP contribution < -0.4 is 10.6 Å². The number of aromatic nitrogens is 2. The molecule has 0 radical (unpaired) electrons. The number of aryl methyl sites for hydroxylation is 1. The molecule has 9 heteroatoms. The molecule has 0 fully saturated rings. The number of nitrogens with one attached hydrogen (secondary N) is 2. The zero-order valence-corrected chi connectivity index (χ0v) is 21.4. The summed E-state index contributed by atoms with van der Waals surface area (Å²) in [7, 11) is 0. The smallest absolute Gasteiger partial charge is 0.315 e. The summed E-state index contributed by atoms with van der Waals surface area (Å²) in [4.78, 5) is 27.3. The Bertz CT molecular complexity index is 1220. The van der Waals surface area contributed by atoms with Crippen LogP contribution in [0.1, 0.15) is 45.4 Å². The van der Waals surface area contributed by atoms with Gasteiger partial charge in [-0.3, -0.25) is 4.79 Å². The molecule has 0 bridgehead atoms. The van der Waals surface area contributed by atoms with Crippen molar-refractivity contribution in [3.63, 3.8) is 0 Å². The third-order valence-electron chi connectivity index (χ3n) is 5.37. The molecule has 2 N–H and O–H groups in total. The van der Waals surface area contributed by atoms with Crippen LogP contribution in [-0.4, -0.2) is 39.7 Å². The van der Waals surface area contributed by atoms with Crippen LogP contribution in [0.4, 0.5) is 20.7 Å². The van der Waals surface area contributed by atoms with E-state index in [0.29, 0.717) is 24.5 Å². The lowest BCUT2D eigenvalue weighted by molar-refractivity contribution is -0.116. The van der Waals surface area contributed by atoms with Gasteiger partial charge >= 0.3 is 6.03 Å². The van der Waals surface area contributed by atoms with E-state index in [1.807, 2.05) is 44.2 Å². The van der Waals surface area contributed by atoms with Crippen molar-refractivity contribution in [3.05, 3.63) is 70.6 Å². The van der Waals surface area contributed by atoms with Crippen LogP contribution in [0.15, 0.2) is 48.5 Å². The normalized spacial score (nSPS) is 11.3. The number of halogens is 2. The highest BCUT2D eigenvalue weighted by Gasteiger charge is 2.23. The van der Waals surface area contributed by atoms with E-state index in [0.717, 1.165) is 16.9 Å². The van der Waals surface area contributed by atoms with E-state index in [4.69, 9.17) is 16.7 Å². The van der Waals surface area contributed by atoms with Gasteiger partial charge in [0.25, 0.3) is 0 Å². The summed E-state index contributed by atoms with van der Waals surface area (Å²) in [6, 6.07) is 13.1. The first kappa shape index (κ1) is 26.2. The van der Waals surface area contributed by atoms with Gasteiger partial charge in [-0.1, -0.05) is 57.5 Å². The molecule has 1 heterocycles. The zero-order chi connectivity index (χ0) is 25.8. The second-order valence-electron chi connectivity index (χ2n) is 9.39. The minimum Gasteiger partial charge on any atom is -0.315 e. The van der Waals surface area contributed by atoms with Gasteiger partial charge in [0.15, 0.2) is 0 Å². The average molecular weight is 500 g/mol. The lowest BCUT2D eigenvalue weighted by atomic mass is 9.92. The molecule has 1 aromatic heterocycles. The monoisotopic (exact) mass is 499 g/mol. The Morgan fingerprint density at radius 3 is 2.46 bits per heavy atom. The maximum absolute atomic E-state index is 13.4. The Morgan fingerprint density at radius 1 is 1.11 bits per heavy atom. The van der Waals surface area contributed by atoms with Crippen molar-refractivity contribution in [3.8, 4) is 5.69 Å². The molecule has 0 saturated carbocycles. The zero-order valence-electron chi connectivity index (χ0n) is 20.7. The highest BCUT2D eigenvalue weighted by molar-refractivity contribution is 6.31. The van der Waals surface area contributed by atoms with Gasteiger partial charge in [0, 0.05) is 23.7 Å². The summed E-state index contributed by atoms with van der Waals surface area (Å²) >= 11 is 5.81. The number of para-hydroxylation sites is 1. The van der Waals surface area contributed by atoms with Crippen LogP contribution in [0.3, 0.4) is 0 Å². The number of carbonyl (C=O) groups excluding carboxylic acids is 2. The molecule has 3 amide bonds. The SMILES string of the molecule is CCCN(CC(=O)Nc1cc(C(C)(C)C)nn1-c1ccccc1C)C(=O)Nc1ccc(F)c(Cl)c1. The molecule has 0 saturated heterocycles. The maximum atomic E-state index is 13.4. The number of nitrogens with zero attached hydrogens (tertiary/aromatic N) is 3. The van der Waals surface area contributed by atoms with Gasteiger partial charge in [0.2, 0.25) is 5.91 Å². The van der Waals surface area contributed by atoms with Crippen LogP contribution in [0.5, 0.6) is 0 Å². The lowest BCUT2D eigenvalue weighted by Gasteiger charge is -2.22. The van der Waals surface area contributed by atoms with Crippen LogP contribution in [-0.2, 0) is 10.2 Å². The number of hydrogen-bond donors (Lipinski definition) is 2. The topological polar surface area (TPSA) is 79.3 Å². The first-order valence-corrected chi connectivity index (χ1v) is 11.8. The van der Waals surface area contributed by atoms with Crippen LogP contribution >= 0.6 is 11.6 Å². The van der Waals surface area contributed by atoms with E-state index in [1.165, 1.54) is 23.1 Å². The second-order valence-corrected chi connectivity index (χ2v) is 9.80. The molecular weight excluding hydrogens is 469 g/mol. The standard InChI is InChI=1S/C26H31ClFN5O2/c1-6-13-32(25(35)29-18-11-12-20(28)19(27)14-18)16-24(34)30-23-15-22(26(3,4)5)31-33(23)21-10-8-7-9-17(21)2/h7-12,14-15H,6,13,16H2,1-5H3,(H,29,35)(H,30,34). The Balaban J connectivity index is 1.80. The van der Waals surface area contributed by atoms with Crippen molar-refractivity contribution in [2.24, 2.45) is 0 Å². The van der Waals surface area contributed by atoms with Gasteiger partial charge in [0.1, 0.15) is 18.2 Å². The Hall–Kier alpha value is -3.39. The molecule has 0 unspecified atom stereocenters. The van der Waals surface area contributed by atoms with Crippen molar-refractivity contribution >= 4 is 35.0 Å². The first-order chi connectivity index (χ1) is 16.5. The largest absolute Gasteiger partial charge is 0.322 e. The van der Waals surface area contributed by atoms with Crippen LogP contribution in [0.2, 0.25) is 5.02 Å². The van der Waals surface area contributed by atoms with Crippen molar-refractivity contribution in [1.29, 1.82) is 0 Å². The Labute approximate surface area is 210 Å². The summed E-state index contributed by atoms with van der Waals surface area (Å²) in [5, 5.41) is 10.3. The van der Waals surface area contributed by atoms with Crippen molar-refractivity contribution in [2.45, 2.75) is 46.5 Å². The molecule has 186 valence electrons. The van der Waals surface area contributed by atoms with Crippen LogP contribution in [0, 0.1) is 12.7 Å². The highest BCUT2D eigenvalue weighted by atomic mass is 35.5. The van der Waals surface area contributed by atoms with Gasteiger partial charge in [0.05, 0.1) is 16.4 Å². The predicted molar refractivity (Wildman–Crippen MR) is 138 cm³/mol. The second kappa shape index (κ2) is 10.9. The van der Waals surface area contributed by atoms with Gasteiger partial charge in [-0.2, -0.15) is 5.10 Å². The fourth-order valence-corrected chi connectivity index (χ4v) is 3.66. The fraction of sp³-hybridized carbons (Fsp3) is 0.346. The molecule has 0 atom stereocenters. The first-order valence-electron chi connectivity index (χ1n) is 11.5. The summed E-state index contributed by atoms with van der Waals surface area (Å²) in [5.41, 5.74) is 2.81. The molecule has 2 aromatic carbocycles. The molecule has 0 aliphatic heterocycles. The van der Waals surface area contributed by atoms with Crippen molar-refractivity contribution in [2.75, 3.05) is 23.7 Å². The molecule has 0 aliphatic rings. The van der Waals surface area contributed by atoms with E-state index in [1.54, 1.807) is 4.68 Å². The fourth-order valence-electron chi connectivity index (χ4n) is 3.48. The summed E-state index contributed by atoms with van der Waals surface area (Å²) in [5.74, 6) is -0.410. The van der Waals surface area contributed by atoms with E-state index in [-0.39, 0.29) is 22.9 Å². The molecule has 3 rings (SSSR count). The third-order valence-corrected chi connectivity index (χ3v) is 5.66. The van der Waals surface area contributed by atoms with Gasteiger partial charge in [-0.15, -0.1) is 0 Å². The molecule has 3 aromatic rings. The number of hydrogen-bond acceptors (Lipinski definition) is 3. The van der Waals surface area contributed by atoms with Crippen molar-refractivity contribution < 1.29 is 14.0 Å². The minimum absolute atomic E-state index is 0.0956. The van der Waals surface area contributed by atoms with E-state index in [2.05, 4.69) is 31.4 Å². The average Bonchev–Trinajstić information content (AvgIpc) is 3.20. The number of benzene rings is 2. The quantitative estimate of drug-likeness (QED) is 0.409.